The molecule has 2 amide bonds. The molecule has 0 aromatic rings. The van der Waals surface area contributed by atoms with E-state index in [9.17, 15) is 14.4 Å². The fraction of sp³-hybridized carbons (Fsp3) is 0.824. The molecule has 158 valence electrons. The van der Waals surface area contributed by atoms with Gasteiger partial charge in [0, 0.05) is 26.6 Å². The summed E-state index contributed by atoms with van der Waals surface area (Å²) in [6.07, 6.45) is 0.466. The van der Waals surface area contributed by atoms with Crippen molar-refractivity contribution >= 4 is 17.6 Å². The molecule has 0 aliphatic carbocycles. The van der Waals surface area contributed by atoms with Crippen molar-refractivity contribution in [1.29, 1.82) is 0 Å². The third kappa shape index (κ3) is 19.0. The van der Waals surface area contributed by atoms with Crippen LogP contribution in [0.15, 0.2) is 0 Å². The van der Waals surface area contributed by atoms with Crippen LogP contribution in [0.3, 0.4) is 0 Å². The third-order valence-corrected chi connectivity index (χ3v) is 3.05. The van der Waals surface area contributed by atoms with Crippen LogP contribution >= 0.6 is 0 Å². The smallest absolute Gasteiger partial charge is 0.246 e. The molecule has 0 aliphatic rings. The van der Waals surface area contributed by atoms with E-state index in [2.05, 4.69) is 15.4 Å². The second kappa shape index (κ2) is 19.2. The van der Waals surface area contributed by atoms with Crippen LogP contribution < -0.4 is 10.6 Å². The highest BCUT2D eigenvalue weighted by Gasteiger charge is 2.02. The van der Waals surface area contributed by atoms with E-state index in [1.807, 2.05) is 0 Å². The number of amides is 2. The lowest BCUT2D eigenvalue weighted by molar-refractivity contribution is -0.127. The van der Waals surface area contributed by atoms with Crippen LogP contribution in [0.1, 0.15) is 13.3 Å². The third-order valence-electron chi connectivity index (χ3n) is 3.05. The predicted octanol–water partition coefficient (Wildman–Crippen LogP) is -1.09. The molecule has 0 saturated heterocycles. The van der Waals surface area contributed by atoms with Crippen LogP contribution in [0.25, 0.3) is 0 Å². The zero-order valence-corrected chi connectivity index (χ0v) is 16.3. The van der Waals surface area contributed by atoms with Crippen LogP contribution in [0.2, 0.25) is 0 Å². The molecule has 0 spiro atoms. The van der Waals surface area contributed by atoms with Gasteiger partial charge < -0.3 is 34.3 Å². The van der Waals surface area contributed by atoms with Gasteiger partial charge in [0.15, 0.2) is 5.78 Å². The zero-order valence-electron chi connectivity index (χ0n) is 16.3. The van der Waals surface area contributed by atoms with Gasteiger partial charge in [0.25, 0.3) is 0 Å². The average molecular weight is 392 g/mol. The van der Waals surface area contributed by atoms with E-state index < -0.39 is 0 Å². The Balaban J connectivity index is 3.26. The Labute approximate surface area is 160 Å². The van der Waals surface area contributed by atoms with Gasteiger partial charge in [0.05, 0.1) is 39.6 Å². The Hall–Kier alpha value is -1.59. The summed E-state index contributed by atoms with van der Waals surface area (Å²) in [7, 11) is 1.45. The highest BCUT2D eigenvalue weighted by molar-refractivity contribution is 5.79. The van der Waals surface area contributed by atoms with Crippen molar-refractivity contribution in [3.63, 3.8) is 0 Å². The predicted molar refractivity (Wildman–Crippen MR) is 96.5 cm³/mol. The average Bonchev–Trinajstić information content (AvgIpc) is 2.65. The number of carbonyl (C=O) groups excluding carboxylic acids is 3. The van der Waals surface area contributed by atoms with Gasteiger partial charge in [-0.05, 0) is 0 Å². The van der Waals surface area contributed by atoms with E-state index in [-0.39, 0.29) is 44.0 Å². The van der Waals surface area contributed by atoms with Gasteiger partial charge in [-0.2, -0.15) is 0 Å². The Morgan fingerprint density at radius 3 is 1.67 bits per heavy atom. The lowest BCUT2D eigenvalue weighted by Crippen LogP contribution is -2.32. The van der Waals surface area contributed by atoms with Gasteiger partial charge in [0.1, 0.15) is 19.8 Å². The topological polar surface area (TPSA) is 121 Å². The fourth-order valence-corrected chi connectivity index (χ4v) is 1.65. The Bertz CT molecular complexity index is 406. The van der Waals surface area contributed by atoms with Crippen LogP contribution in [0.5, 0.6) is 0 Å². The summed E-state index contributed by atoms with van der Waals surface area (Å²) in [4.78, 5) is 33.6. The quantitative estimate of drug-likeness (QED) is 0.266. The summed E-state index contributed by atoms with van der Waals surface area (Å²) in [5.74, 6) is -0.381. The molecule has 0 bridgehead atoms. The van der Waals surface area contributed by atoms with Gasteiger partial charge in [0.2, 0.25) is 11.8 Å². The number of ether oxygens (including phenoxy) is 5. The maximum Gasteiger partial charge on any atom is 0.246 e. The van der Waals surface area contributed by atoms with Crippen molar-refractivity contribution < 1.29 is 38.1 Å². The standard InChI is InChI=1S/C17H32N2O8/c1-3-15(20)12-26-10-8-24-7-5-19-17(22)14-27-11-9-25-6-4-18-16(21)13-23-2/h3-14H2,1-2H3,(H,18,21)(H,19,22). The molecule has 27 heavy (non-hydrogen) atoms. The number of Topliss-reactive ketones (excluding diaryl/α,β-unsaturated/α-hetero) is 1. The monoisotopic (exact) mass is 392 g/mol. The first-order valence-corrected chi connectivity index (χ1v) is 8.95. The summed E-state index contributed by atoms with van der Waals surface area (Å²) in [5, 5.41) is 5.27. The second-order valence-electron chi connectivity index (χ2n) is 5.36. The Kier molecular flexibility index (Phi) is 18.0. The molecule has 10 heteroatoms. The molecule has 0 fully saturated rings. The first-order chi connectivity index (χ1) is 13.1. The molecule has 0 aliphatic heterocycles. The summed E-state index contributed by atoms with van der Waals surface area (Å²) >= 11 is 0. The van der Waals surface area contributed by atoms with Crippen molar-refractivity contribution in [2.75, 3.05) is 79.7 Å². The zero-order chi connectivity index (χ0) is 20.2. The number of nitrogens with one attached hydrogen (secondary N) is 2. The first kappa shape index (κ1) is 25.4. The summed E-state index contributed by atoms with van der Waals surface area (Å²) in [6, 6.07) is 0. The normalized spacial score (nSPS) is 10.6. The molecule has 2 N–H and O–H groups in total. The minimum Gasteiger partial charge on any atom is -0.377 e. The van der Waals surface area contributed by atoms with Crippen molar-refractivity contribution in [2.45, 2.75) is 13.3 Å². The maximum atomic E-state index is 11.5. The van der Waals surface area contributed by atoms with Gasteiger partial charge in [-0.1, -0.05) is 6.92 Å². The molecule has 10 nitrogen and oxygen atoms in total. The molecule has 0 heterocycles. The fourth-order valence-electron chi connectivity index (χ4n) is 1.65. The van der Waals surface area contributed by atoms with Crippen molar-refractivity contribution in [1.82, 2.24) is 10.6 Å². The van der Waals surface area contributed by atoms with E-state index in [0.29, 0.717) is 52.5 Å². The minimum absolute atomic E-state index is 0.0248. The van der Waals surface area contributed by atoms with Crippen molar-refractivity contribution in [3.8, 4) is 0 Å². The van der Waals surface area contributed by atoms with E-state index in [4.69, 9.17) is 18.9 Å². The largest absolute Gasteiger partial charge is 0.377 e. The van der Waals surface area contributed by atoms with Crippen LogP contribution in [-0.4, -0.2) is 97.3 Å². The lowest BCUT2D eigenvalue weighted by Gasteiger charge is -2.08. The summed E-state index contributed by atoms with van der Waals surface area (Å²) in [5.41, 5.74) is 0. The van der Waals surface area contributed by atoms with E-state index in [1.54, 1.807) is 6.92 Å². The van der Waals surface area contributed by atoms with Gasteiger partial charge in [-0.25, -0.2) is 0 Å². The number of hydrogen-bond donors (Lipinski definition) is 2. The molecule has 0 unspecified atom stereocenters. The van der Waals surface area contributed by atoms with Crippen molar-refractivity contribution in [2.24, 2.45) is 0 Å². The molecule has 0 radical (unpaired) electrons. The van der Waals surface area contributed by atoms with Crippen LogP contribution in [0, 0.1) is 0 Å². The molecular formula is C17H32N2O8. The summed E-state index contributed by atoms with van der Waals surface area (Å²) < 4.78 is 25.5. The van der Waals surface area contributed by atoms with Gasteiger partial charge in [-0.15, -0.1) is 0 Å². The SMILES string of the molecule is CCC(=O)COCCOCCNC(=O)COCCOCCNC(=O)COC. The minimum atomic E-state index is -0.241. The molecule has 0 saturated carbocycles. The molecular weight excluding hydrogens is 360 g/mol. The van der Waals surface area contributed by atoms with E-state index in [0.717, 1.165) is 0 Å². The highest BCUT2D eigenvalue weighted by Crippen LogP contribution is 1.84. The molecule has 0 atom stereocenters. The highest BCUT2D eigenvalue weighted by atomic mass is 16.5. The van der Waals surface area contributed by atoms with Gasteiger partial charge in [-0.3, -0.25) is 14.4 Å². The first-order valence-electron chi connectivity index (χ1n) is 8.95. The van der Waals surface area contributed by atoms with Crippen molar-refractivity contribution in [3.05, 3.63) is 0 Å². The summed E-state index contributed by atoms with van der Waals surface area (Å²) in [6.45, 7) is 4.66. The number of ketones is 1. The Morgan fingerprint density at radius 2 is 1.15 bits per heavy atom. The van der Waals surface area contributed by atoms with E-state index in [1.165, 1.54) is 7.11 Å². The molecule has 0 rings (SSSR count). The van der Waals surface area contributed by atoms with Crippen LogP contribution in [0.4, 0.5) is 0 Å². The maximum absolute atomic E-state index is 11.5. The number of hydrogen-bond acceptors (Lipinski definition) is 8. The van der Waals surface area contributed by atoms with E-state index >= 15 is 0 Å². The van der Waals surface area contributed by atoms with Gasteiger partial charge >= 0.3 is 0 Å². The molecule has 0 aromatic carbocycles. The number of methoxy groups -OCH3 is 1. The molecule has 0 aromatic heterocycles. The Morgan fingerprint density at radius 1 is 0.667 bits per heavy atom. The van der Waals surface area contributed by atoms with Crippen LogP contribution in [-0.2, 0) is 38.1 Å². The number of carbonyl (C=O) groups is 3. The second-order valence-corrected chi connectivity index (χ2v) is 5.36. The number of rotatable bonds is 19. The lowest BCUT2D eigenvalue weighted by atomic mass is 10.3.